The zero-order chi connectivity index (χ0) is 67.0. The van der Waals surface area contributed by atoms with Gasteiger partial charge >= 0.3 is 0 Å². The average molecular weight is 1310 g/mol. The summed E-state index contributed by atoms with van der Waals surface area (Å²) in [7, 11) is 0. The first-order valence-electron chi connectivity index (χ1n) is 32.1. The summed E-state index contributed by atoms with van der Waals surface area (Å²) >= 11 is 0. The second-order valence-electron chi connectivity index (χ2n) is 24.1. The summed E-state index contributed by atoms with van der Waals surface area (Å²) in [4.78, 5) is 131. The quantitative estimate of drug-likeness (QED) is 0.0170. The SMILES string of the molecule is O=C(CCNC(=O)C(Cc1ccncc1)N1C(=O)c2cc(Oc3ccccc3)c3c4c(Oc5ccccc5)cc5c6c(cc(Oc7ccccc7)c(c7c(Oc8ccccc8)cc(c2c37)C1=O)c64)C(=O)N(C(Cc1ccncc1)C(=O)NCCC(=O)NCC1CO1)C5=O)NCC1CO1. The number of imide groups is 2. The molecule has 11 aromatic rings. The van der Waals surface area contributed by atoms with Gasteiger partial charge in [-0.1, -0.05) is 72.8 Å². The van der Waals surface area contributed by atoms with Crippen molar-refractivity contribution in [1.29, 1.82) is 0 Å². The lowest BCUT2D eigenvalue weighted by molar-refractivity contribution is -0.126. The number of hydrogen-bond donors (Lipinski definition) is 4. The predicted molar refractivity (Wildman–Crippen MR) is 359 cm³/mol. The first kappa shape index (κ1) is 62.0. The smallest absolute Gasteiger partial charge is 0.262 e. The van der Waals surface area contributed by atoms with Crippen molar-refractivity contribution in [3.8, 4) is 46.0 Å². The maximum atomic E-state index is 16.2. The molecule has 9 aromatic carbocycles. The van der Waals surface area contributed by atoms with Crippen LogP contribution in [0.3, 0.4) is 0 Å². The van der Waals surface area contributed by atoms with Crippen molar-refractivity contribution in [1.82, 2.24) is 41.0 Å². The summed E-state index contributed by atoms with van der Waals surface area (Å²) in [6.45, 7) is 1.44. The van der Waals surface area contributed by atoms with E-state index in [1.165, 1.54) is 49.1 Å². The average Bonchev–Trinajstić information content (AvgIpc) is 1.17. The van der Waals surface area contributed by atoms with Gasteiger partial charge in [-0.3, -0.25) is 58.1 Å². The number of hydrogen-bond acceptors (Lipinski definition) is 16. The number of pyridine rings is 2. The normalized spacial score (nSPS) is 15.8. The Hall–Kier alpha value is -12.1. The fraction of sp³-hybridized carbons (Fsp3) is 0.184. The second kappa shape index (κ2) is 26.6. The topological polar surface area (TPSA) is 279 Å². The van der Waals surface area contributed by atoms with Gasteiger partial charge in [-0.25, -0.2) is 0 Å². The summed E-state index contributed by atoms with van der Waals surface area (Å²) in [6, 6.07) is 44.9. The number of carbonyl (C=O) groups is 8. The highest BCUT2D eigenvalue weighted by atomic mass is 16.6. The highest BCUT2D eigenvalue weighted by molar-refractivity contribution is 6.45. The monoisotopic (exact) mass is 1310 g/mol. The number of benzene rings is 9. The Bertz CT molecular complexity index is 4450. The molecule has 98 heavy (non-hydrogen) atoms. The highest BCUT2D eigenvalue weighted by Crippen LogP contribution is 2.58. The standard InChI is InChI=1S/C76H60N8O14/c85-61(81-39-49-41-93-49)25-31-79-71(87)55(33-43-21-27-77-28-22-43)83-73(89)51-35-57(95-45-13-5-1-6-14-45)65-66-58(96-46-15-7-2-8-16-46)36-53-64-54(76(92)84(75(53)91)56(34-44-23-29-78-30-24-44)72(88)80-32-26-62(86)82-40-50-42-94-50)38-60(98-48-19-11-4-12-20-48)68(70(64)66)67-59(97-47-17-9-3-10-18-47)37-52(74(83)90)63(51)69(65)67/h1-24,27-30,35-38,49-50,55-56H,25-26,31-34,39-42H2,(H,79,87)(H,80,88)(H,81,85)(H,82,86). The van der Waals surface area contributed by atoms with Crippen LogP contribution in [0.5, 0.6) is 46.0 Å². The summed E-state index contributed by atoms with van der Waals surface area (Å²) in [5.41, 5.74) is 0.928. The molecule has 0 saturated carbocycles. The summed E-state index contributed by atoms with van der Waals surface area (Å²) in [5.74, 6) is -4.15. The molecule has 4 N–H and O–H groups in total. The van der Waals surface area contributed by atoms with Gasteiger partial charge in [0.25, 0.3) is 23.6 Å². The lowest BCUT2D eigenvalue weighted by atomic mass is 9.80. The number of nitrogens with zero attached hydrogens (tertiary/aromatic N) is 4. The Balaban J connectivity index is 0.990. The van der Waals surface area contributed by atoms with Crippen LogP contribution in [0.1, 0.15) is 65.4 Å². The number of para-hydroxylation sites is 4. The first-order valence-corrected chi connectivity index (χ1v) is 32.1. The Morgan fingerprint density at radius 2 is 0.684 bits per heavy atom. The van der Waals surface area contributed by atoms with Crippen molar-refractivity contribution >= 4 is 90.3 Å². The summed E-state index contributed by atoms with van der Waals surface area (Å²) in [6.07, 6.45) is 5.47. The molecule has 2 fully saturated rings. The third kappa shape index (κ3) is 12.4. The van der Waals surface area contributed by atoms with E-state index in [0.29, 0.717) is 60.4 Å². The molecule has 2 saturated heterocycles. The minimum absolute atomic E-state index is 0.0386. The minimum atomic E-state index is -1.51. The molecule has 0 radical (unpaired) electrons. The molecule has 22 heteroatoms. The number of ether oxygens (including phenoxy) is 6. The van der Waals surface area contributed by atoms with E-state index < -0.39 is 47.5 Å². The molecule has 4 aliphatic rings. The number of epoxide rings is 2. The Morgan fingerprint density at radius 3 is 0.959 bits per heavy atom. The van der Waals surface area contributed by atoms with Crippen LogP contribution in [0.4, 0.5) is 0 Å². The largest absolute Gasteiger partial charge is 0.457 e. The van der Waals surface area contributed by atoms with Crippen LogP contribution in [0.2, 0.25) is 0 Å². The molecule has 8 amide bonds. The molecular weight excluding hydrogens is 1250 g/mol. The summed E-state index contributed by atoms with van der Waals surface area (Å²) in [5, 5.41) is 13.0. The lowest BCUT2D eigenvalue weighted by Crippen LogP contribution is -2.55. The van der Waals surface area contributed by atoms with E-state index in [4.69, 9.17) is 28.4 Å². The first-order chi connectivity index (χ1) is 47.9. The third-order valence-electron chi connectivity index (χ3n) is 17.6. The molecule has 15 rings (SSSR count). The lowest BCUT2D eigenvalue weighted by Gasteiger charge is -2.36. The van der Waals surface area contributed by atoms with E-state index in [1.54, 1.807) is 121 Å². The number of nitrogens with one attached hydrogen (secondary N) is 4. The second-order valence-corrected chi connectivity index (χ2v) is 24.1. The minimum Gasteiger partial charge on any atom is -0.457 e. The van der Waals surface area contributed by atoms with E-state index in [0.717, 1.165) is 9.80 Å². The molecule has 0 bridgehead atoms. The molecule has 4 atom stereocenters. The van der Waals surface area contributed by atoms with Crippen LogP contribution in [0, 0.1) is 0 Å². The fourth-order valence-corrected chi connectivity index (χ4v) is 12.8. The predicted octanol–water partition coefficient (Wildman–Crippen LogP) is 10.2. The van der Waals surface area contributed by atoms with Crippen molar-refractivity contribution in [3.63, 3.8) is 0 Å². The van der Waals surface area contributed by atoms with Crippen molar-refractivity contribution < 1.29 is 66.8 Å². The number of rotatable bonds is 26. The third-order valence-corrected chi connectivity index (χ3v) is 17.6. The van der Waals surface area contributed by atoms with Crippen molar-refractivity contribution in [2.24, 2.45) is 0 Å². The van der Waals surface area contributed by atoms with Gasteiger partial charge in [0.05, 0.1) is 47.7 Å². The Labute approximate surface area is 559 Å². The Morgan fingerprint density at radius 1 is 0.398 bits per heavy atom. The van der Waals surface area contributed by atoms with Gasteiger partial charge in [0.2, 0.25) is 23.6 Å². The van der Waals surface area contributed by atoms with Crippen LogP contribution in [0.25, 0.3) is 43.1 Å². The van der Waals surface area contributed by atoms with Crippen LogP contribution in [-0.4, -0.2) is 131 Å². The van der Waals surface area contributed by atoms with Crippen LogP contribution < -0.4 is 40.2 Å². The maximum Gasteiger partial charge on any atom is 0.262 e. The zero-order valence-corrected chi connectivity index (χ0v) is 52.4. The number of amides is 8. The van der Waals surface area contributed by atoms with Crippen molar-refractivity contribution in [2.45, 2.75) is 50.0 Å². The molecule has 22 nitrogen and oxygen atoms in total. The van der Waals surface area contributed by atoms with E-state index in [9.17, 15) is 19.2 Å². The number of fused-ring (bicyclic) bond motifs is 2. The van der Waals surface area contributed by atoms with E-state index >= 15 is 19.2 Å². The highest BCUT2D eigenvalue weighted by Gasteiger charge is 2.46. The fourth-order valence-electron chi connectivity index (χ4n) is 12.8. The maximum absolute atomic E-state index is 16.2. The molecule has 0 spiro atoms. The number of carbonyl (C=O) groups excluding carboxylic acids is 8. The van der Waals surface area contributed by atoms with E-state index in [2.05, 4.69) is 31.2 Å². The van der Waals surface area contributed by atoms with Gasteiger partial charge in [0.15, 0.2) is 0 Å². The van der Waals surface area contributed by atoms with Crippen molar-refractivity contribution in [3.05, 3.63) is 228 Å². The Kier molecular flexibility index (Phi) is 16.8. The van der Waals surface area contributed by atoms with Gasteiger partial charge in [0.1, 0.15) is 58.1 Å². The van der Waals surface area contributed by atoms with Gasteiger partial charge in [0, 0.05) is 120 Å². The molecule has 4 unspecified atom stereocenters. The molecular formula is C76H60N8O14. The zero-order valence-electron chi connectivity index (χ0n) is 52.4. The molecule has 6 heterocycles. The van der Waals surface area contributed by atoms with E-state index in [-0.39, 0.29) is 151 Å². The van der Waals surface area contributed by atoms with Gasteiger partial charge in [-0.05, 0) is 108 Å². The van der Waals surface area contributed by atoms with Crippen LogP contribution in [0.15, 0.2) is 195 Å². The summed E-state index contributed by atoms with van der Waals surface area (Å²) < 4.78 is 38.8. The number of aromatic nitrogens is 2. The molecule has 0 aliphatic carbocycles. The van der Waals surface area contributed by atoms with Crippen LogP contribution >= 0.6 is 0 Å². The molecule has 2 aromatic heterocycles. The van der Waals surface area contributed by atoms with E-state index in [1.807, 2.05) is 24.3 Å². The van der Waals surface area contributed by atoms with Gasteiger partial charge in [-0.15, -0.1) is 0 Å². The molecule has 4 aliphatic heterocycles. The molecule has 488 valence electrons. The van der Waals surface area contributed by atoms with Crippen molar-refractivity contribution in [2.75, 3.05) is 39.4 Å². The van der Waals surface area contributed by atoms with Gasteiger partial charge in [-0.2, -0.15) is 0 Å². The van der Waals surface area contributed by atoms with Gasteiger partial charge < -0.3 is 49.7 Å². The van der Waals surface area contributed by atoms with Crippen LogP contribution in [-0.2, 0) is 41.5 Å².